The van der Waals surface area contributed by atoms with Gasteiger partial charge in [-0.2, -0.15) is 0 Å². The van der Waals surface area contributed by atoms with Gasteiger partial charge >= 0.3 is 5.69 Å². The summed E-state index contributed by atoms with van der Waals surface area (Å²) in [5.41, 5.74) is 0.194. The second-order valence-electron chi connectivity index (χ2n) is 6.19. The van der Waals surface area contributed by atoms with E-state index in [1.807, 2.05) is 0 Å². The van der Waals surface area contributed by atoms with Crippen LogP contribution >= 0.6 is 0 Å². The maximum atomic E-state index is 12.5. The first-order valence-corrected chi connectivity index (χ1v) is 8.76. The average molecular weight is 383 g/mol. The summed E-state index contributed by atoms with van der Waals surface area (Å²) in [6, 6.07) is 11.9. The lowest BCUT2D eigenvalue weighted by Crippen LogP contribution is -2.35. The van der Waals surface area contributed by atoms with Gasteiger partial charge in [0.05, 0.1) is 25.1 Å². The summed E-state index contributed by atoms with van der Waals surface area (Å²) in [5, 5.41) is 3.20. The minimum Gasteiger partial charge on any atom is -0.497 e. The normalized spacial score (nSPS) is 10.6. The number of ether oxygens (including phenoxy) is 2. The molecule has 1 heterocycles. The molecule has 0 saturated heterocycles. The first kappa shape index (κ1) is 19.2. The minimum absolute atomic E-state index is 0.147. The summed E-state index contributed by atoms with van der Waals surface area (Å²) in [5.74, 6) is 0.883. The molecule has 0 radical (unpaired) electrons. The lowest BCUT2D eigenvalue weighted by atomic mass is 10.2. The highest BCUT2D eigenvalue weighted by atomic mass is 16.5. The summed E-state index contributed by atoms with van der Waals surface area (Å²) < 4.78 is 11.5. The van der Waals surface area contributed by atoms with Crippen molar-refractivity contribution in [3.05, 3.63) is 63.3 Å². The zero-order valence-corrected chi connectivity index (χ0v) is 15.7. The van der Waals surface area contributed by atoms with Gasteiger partial charge in [0.15, 0.2) is 0 Å². The van der Waals surface area contributed by atoms with E-state index < -0.39 is 5.69 Å². The fourth-order valence-corrected chi connectivity index (χ4v) is 2.90. The maximum absolute atomic E-state index is 12.5. The number of para-hydroxylation sites is 1. The molecule has 1 amide bonds. The SMILES string of the molecule is COc1cc(NC(=O)CCCn2c(=O)[nH]c3ccccc3c2=O)cc(OC)c1. The van der Waals surface area contributed by atoms with E-state index in [1.54, 1.807) is 42.5 Å². The van der Waals surface area contributed by atoms with E-state index in [0.29, 0.717) is 34.5 Å². The van der Waals surface area contributed by atoms with Crippen molar-refractivity contribution < 1.29 is 14.3 Å². The average Bonchev–Trinajstić information content (AvgIpc) is 2.70. The lowest BCUT2D eigenvalue weighted by molar-refractivity contribution is -0.116. The number of aromatic nitrogens is 2. The van der Waals surface area contributed by atoms with Crippen molar-refractivity contribution in [2.24, 2.45) is 0 Å². The molecule has 0 fully saturated rings. The van der Waals surface area contributed by atoms with E-state index in [1.165, 1.54) is 14.2 Å². The van der Waals surface area contributed by atoms with Gasteiger partial charge in [-0.3, -0.25) is 14.2 Å². The number of nitrogens with zero attached hydrogens (tertiary/aromatic N) is 1. The van der Waals surface area contributed by atoms with Crippen molar-refractivity contribution in [2.75, 3.05) is 19.5 Å². The van der Waals surface area contributed by atoms with Crippen molar-refractivity contribution in [1.29, 1.82) is 0 Å². The van der Waals surface area contributed by atoms with E-state index in [9.17, 15) is 14.4 Å². The maximum Gasteiger partial charge on any atom is 0.328 e. The molecule has 0 saturated carbocycles. The Morgan fingerprint density at radius 3 is 2.43 bits per heavy atom. The van der Waals surface area contributed by atoms with Gasteiger partial charge in [0.25, 0.3) is 5.56 Å². The summed E-state index contributed by atoms with van der Waals surface area (Å²) in [6.07, 6.45) is 0.493. The molecule has 0 aliphatic carbocycles. The van der Waals surface area contributed by atoms with E-state index >= 15 is 0 Å². The zero-order chi connectivity index (χ0) is 20.1. The van der Waals surface area contributed by atoms with Gasteiger partial charge in [-0.25, -0.2) is 4.79 Å². The van der Waals surface area contributed by atoms with Gasteiger partial charge in [0, 0.05) is 36.9 Å². The zero-order valence-electron chi connectivity index (χ0n) is 15.7. The highest BCUT2D eigenvalue weighted by molar-refractivity contribution is 5.91. The third kappa shape index (κ3) is 4.22. The smallest absolute Gasteiger partial charge is 0.328 e. The molecule has 28 heavy (non-hydrogen) atoms. The number of H-pyrrole nitrogens is 1. The van der Waals surface area contributed by atoms with Crippen LogP contribution in [0.2, 0.25) is 0 Å². The number of benzene rings is 2. The molecule has 0 bridgehead atoms. The number of carbonyl (C=O) groups is 1. The standard InChI is InChI=1S/C20H21N3O5/c1-27-14-10-13(11-15(12-14)28-2)21-18(24)8-5-9-23-19(25)16-6-3-4-7-17(16)22-20(23)26/h3-4,6-7,10-12H,5,8-9H2,1-2H3,(H,21,24)(H,22,26). The Hall–Kier alpha value is -3.55. The molecule has 0 unspecified atom stereocenters. The number of anilines is 1. The Labute approximate surface area is 160 Å². The van der Waals surface area contributed by atoms with Crippen molar-refractivity contribution >= 4 is 22.5 Å². The highest BCUT2D eigenvalue weighted by Gasteiger charge is 2.09. The third-order valence-electron chi connectivity index (χ3n) is 4.31. The van der Waals surface area contributed by atoms with E-state index in [-0.39, 0.29) is 24.4 Å². The molecular formula is C20H21N3O5. The van der Waals surface area contributed by atoms with Crippen LogP contribution < -0.4 is 26.0 Å². The molecule has 3 aromatic rings. The Morgan fingerprint density at radius 1 is 1.07 bits per heavy atom. The summed E-state index contributed by atoms with van der Waals surface area (Å²) >= 11 is 0. The molecule has 2 N–H and O–H groups in total. The minimum atomic E-state index is -0.485. The van der Waals surface area contributed by atoms with Crippen molar-refractivity contribution in [3.8, 4) is 11.5 Å². The summed E-state index contributed by atoms with van der Waals surface area (Å²) in [4.78, 5) is 39.5. The van der Waals surface area contributed by atoms with Crippen LogP contribution in [0.5, 0.6) is 11.5 Å². The van der Waals surface area contributed by atoms with Crippen LogP contribution in [0.1, 0.15) is 12.8 Å². The number of hydrogen-bond acceptors (Lipinski definition) is 5. The molecule has 1 aromatic heterocycles. The molecule has 0 atom stereocenters. The number of nitrogens with one attached hydrogen (secondary N) is 2. The van der Waals surface area contributed by atoms with Gasteiger partial charge < -0.3 is 19.8 Å². The quantitative estimate of drug-likeness (QED) is 0.651. The fourth-order valence-electron chi connectivity index (χ4n) is 2.90. The van der Waals surface area contributed by atoms with Crippen molar-refractivity contribution in [2.45, 2.75) is 19.4 Å². The number of rotatable bonds is 7. The summed E-state index contributed by atoms with van der Waals surface area (Å²) in [7, 11) is 3.05. The summed E-state index contributed by atoms with van der Waals surface area (Å²) in [6.45, 7) is 0.147. The topological polar surface area (TPSA) is 102 Å². The Morgan fingerprint density at radius 2 is 1.75 bits per heavy atom. The molecular weight excluding hydrogens is 362 g/mol. The molecule has 3 rings (SSSR count). The monoisotopic (exact) mass is 383 g/mol. The molecule has 146 valence electrons. The fraction of sp³-hybridized carbons (Fsp3) is 0.250. The first-order valence-electron chi connectivity index (χ1n) is 8.76. The van der Waals surface area contributed by atoms with Crippen molar-refractivity contribution in [1.82, 2.24) is 9.55 Å². The van der Waals surface area contributed by atoms with Crippen LogP contribution in [0.15, 0.2) is 52.1 Å². The molecule has 8 nitrogen and oxygen atoms in total. The van der Waals surface area contributed by atoms with E-state index in [4.69, 9.17) is 9.47 Å². The highest BCUT2D eigenvalue weighted by Crippen LogP contribution is 2.25. The number of carbonyl (C=O) groups excluding carboxylic acids is 1. The van der Waals surface area contributed by atoms with E-state index in [2.05, 4.69) is 10.3 Å². The van der Waals surface area contributed by atoms with Crippen LogP contribution in [0.3, 0.4) is 0 Å². The molecule has 0 spiro atoms. The largest absolute Gasteiger partial charge is 0.497 e. The predicted octanol–water partition coefficient (Wildman–Crippen LogP) is 2.13. The van der Waals surface area contributed by atoms with Crippen LogP contribution in [0, 0.1) is 0 Å². The molecule has 0 aliphatic rings. The Bertz CT molecular complexity index is 1090. The number of aromatic amines is 1. The predicted molar refractivity (Wildman–Crippen MR) is 106 cm³/mol. The van der Waals surface area contributed by atoms with Crippen LogP contribution in [-0.4, -0.2) is 29.7 Å². The Balaban J connectivity index is 1.66. The van der Waals surface area contributed by atoms with Gasteiger partial charge in [-0.1, -0.05) is 12.1 Å². The Kier molecular flexibility index (Phi) is 5.78. The van der Waals surface area contributed by atoms with Crippen LogP contribution in [-0.2, 0) is 11.3 Å². The van der Waals surface area contributed by atoms with E-state index in [0.717, 1.165) is 4.57 Å². The molecule has 2 aromatic carbocycles. The second-order valence-corrected chi connectivity index (χ2v) is 6.19. The first-order chi connectivity index (χ1) is 13.5. The van der Waals surface area contributed by atoms with Gasteiger partial charge in [0.2, 0.25) is 5.91 Å². The van der Waals surface area contributed by atoms with Crippen LogP contribution in [0.4, 0.5) is 5.69 Å². The van der Waals surface area contributed by atoms with Gasteiger partial charge in [-0.05, 0) is 18.6 Å². The molecule has 0 aliphatic heterocycles. The number of amides is 1. The van der Waals surface area contributed by atoms with Crippen molar-refractivity contribution in [3.63, 3.8) is 0 Å². The second kappa shape index (κ2) is 8.43. The number of methoxy groups -OCH3 is 2. The number of fused-ring (bicyclic) bond motifs is 1. The third-order valence-corrected chi connectivity index (χ3v) is 4.31. The van der Waals surface area contributed by atoms with Gasteiger partial charge in [-0.15, -0.1) is 0 Å². The molecule has 8 heteroatoms. The van der Waals surface area contributed by atoms with Gasteiger partial charge in [0.1, 0.15) is 11.5 Å². The number of hydrogen-bond donors (Lipinski definition) is 2. The van der Waals surface area contributed by atoms with Crippen LogP contribution in [0.25, 0.3) is 10.9 Å². The lowest BCUT2D eigenvalue weighted by Gasteiger charge is -2.10.